The number of carbonyl (C=O) groups excluding carboxylic acids is 2. The summed E-state index contributed by atoms with van der Waals surface area (Å²) < 4.78 is 5.90. The van der Waals surface area contributed by atoms with Gasteiger partial charge in [-0.25, -0.2) is 4.98 Å². The minimum atomic E-state index is -0.235. The van der Waals surface area contributed by atoms with Crippen molar-refractivity contribution in [2.24, 2.45) is 0 Å². The third-order valence-corrected chi connectivity index (χ3v) is 5.32. The number of aryl methyl sites for hydroxylation is 1. The molecule has 1 N–H and O–H groups in total. The number of halogens is 1. The summed E-state index contributed by atoms with van der Waals surface area (Å²) in [7, 11) is 0. The maximum Gasteiger partial charge on any atom is 0.263 e. The highest BCUT2D eigenvalue weighted by Gasteiger charge is 2.29. The van der Waals surface area contributed by atoms with Gasteiger partial charge in [0.25, 0.3) is 5.91 Å². The van der Waals surface area contributed by atoms with Crippen molar-refractivity contribution in [3.63, 3.8) is 0 Å². The van der Waals surface area contributed by atoms with E-state index in [0.717, 1.165) is 11.1 Å². The lowest BCUT2D eigenvalue weighted by atomic mass is 10.1. The van der Waals surface area contributed by atoms with E-state index in [1.807, 2.05) is 49.4 Å². The average molecular weight is 436 g/mol. The van der Waals surface area contributed by atoms with Gasteiger partial charge in [0.05, 0.1) is 5.69 Å². The van der Waals surface area contributed by atoms with E-state index in [1.54, 1.807) is 23.2 Å². The van der Waals surface area contributed by atoms with Gasteiger partial charge in [-0.3, -0.25) is 9.59 Å². The highest BCUT2D eigenvalue weighted by molar-refractivity contribution is 6.30. The van der Waals surface area contributed by atoms with E-state index < -0.39 is 0 Å². The van der Waals surface area contributed by atoms with Crippen LogP contribution in [0.15, 0.2) is 60.8 Å². The molecule has 0 spiro atoms. The molecule has 31 heavy (non-hydrogen) atoms. The Labute approximate surface area is 185 Å². The van der Waals surface area contributed by atoms with Crippen molar-refractivity contribution < 1.29 is 14.3 Å². The van der Waals surface area contributed by atoms with Crippen LogP contribution in [0.4, 0.5) is 5.69 Å². The van der Waals surface area contributed by atoms with Gasteiger partial charge in [0.2, 0.25) is 11.8 Å². The molecule has 2 heterocycles. The number of anilines is 1. The third kappa shape index (κ3) is 4.86. The number of nitrogens with one attached hydrogen (secondary N) is 1. The first-order valence-corrected chi connectivity index (χ1v) is 10.5. The first-order chi connectivity index (χ1) is 15.0. The molecule has 6 nitrogen and oxygen atoms in total. The molecule has 0 saturated carbocycles. The predicted octanol–water partition coefficient (Wildman–Crippen LogP) is 4.54. The summed E-state index contributed by atoms with van der Waals surface area (Å²) in [4.78, 5) is 31.4. The van der Waals surface area contributed by atoms with E-state index in [1.165, 1.54) is 0 Å². The van der Waals surface area contributed by atoms with Crippen LogP contribution in [0.3, 0.4) is 0 Å². The Morgan fingerprint density at radius 2 is 1.97 bits per heavy atom. The van der Waals surface area contributed by atoms with Crippen molar-refractivity contribution in [3.05, 3.63) is 82.5 Å². The maximum atomic E-state index is 13.2. The molecule has 0 atom stereocenters. The number of pyridine rings is 1. The number of fused-ring (bicyclic) bond motifs is 2. The largest absolute Gasteiger partial charge is 0.436 e. The fourth-order valence-corrected chi connectivity index (χ4v) is 3.57. The monoisotopic (exact) mass is 435 g/mol. The van der Waals surface area contributed by atoms with E-state index in [9.17, 15) is 9.59 Å². The van der Waals surface area contributed by atoms with Gasteiger partial charge < -0.3 is 15.0 Å². The Hall–Kier alpha value is -3.38. The molecule has 0 aliphatic carbocycles. The number of ether oxygens (including phenoxy) is 1. The first-order valence-electron chi connectivity index (χ1n) is 10.1. The van der Waals surface area contributed by atoms with Crippen LogP contribution in [-0.4, -0.2) is 29.9 Å². The Balaban J connectivity index is 1.44. The summed E-state index contributed by atoms with van der Waals surface area (Å²) in [5.74, 6) is 0.459. The fourth-order valence-electron chi connectivity index (χ4n) is 3.44. The molecule has 158 valence electrons. The van der Waals surface area contributed by atoms with Crippen molar-refractivity contribution in [2.75, 3.05) is 18.0 Å². The summed E-state index contributed by atoms with van der Waals surface area (Å²) in [5, 5.41) is 3.60. The van der Waals surface area contributed by atoms with Gasteiger partial charge >= 0.3 is 0 Å². The minimum Gasteiger partial charge on any atom is -0.436 e. The van der Waals surface area contributed by atoms with Crippen molar-refractivity contribution in [1.82, 2.24) is 10.3 Å². The molecular weight excluding hydrogens is 414 g/mol. The van der Waals surface area contributed by atoms with Gasteiger partial charge in [0, 0.05) is 30.7 Å². The van der Waals surface area contributed by atoms with Crippen LogP contribution in [-0.2, 0) is 11.2 Å². The van der Waals surface area contributed by atoms with E-state index in [0.29, 0.717) is 35.0 Å². The van der Waals surface area contributed by atoms with E-state index >= 15 is 0 Å². The summed E-state index contributed by atoms with van der Waals surface area (Å²) in [6.07, 6.45) is 2.47. The lowest BCUT2D eigenvalue weighted by molar-refractivity contribution is -0.120. The molecule has 0 radical (unpaired) electrons. The van der Waals surface area contributed by atoms with Gasteiger partial charge in [-0.05, 0) is 60.9 Å². The van der Waals surface area contributed by atoms with Gasteiger partial charge in [-0.15, -0.1) is 0 Å². The minimum absolute atomic E-state index is 0.118. The average Bonchev–Trinajstić information content (AvgIpc) is 2.88. The molecule has 3 aromatic rings. The number of hydrogen-bond donors (Lipinski definition) is 1. The van der Waals surface area contributed by atoms with Gasteiger partial charge in [0.1, 0.15) is 5.56 Å². The number of rotatable bonds is 6. The maximum absolute atomic E-state index is 13.2. The predicted molar refractivity (Wildman–Crippen MR) is 120 cm³/mol. The Morgan fingerprint density at radius 3 is 2.77 bits per heavy atom. The highest BCUT2D eigenvalue weighted by Crippen LogP contribution is 2.38. The van der Waals surface area contributed by atoms with Crippen LogP contribution in [0.25, 0.3) is 0 Å². The molecule has 0 unspecified atom stereocenters. The lowest BCUT2D eigenvalue weighted by Crippen LogP contribution is -2.35. The van der Waals surface area contributed by atoms with Gasteiger partial charge in [0.15, 0.2) is 5.75 Å². The van der Waals surface area contributed by atoms with Crippen molar-refractivity contribution in [1.29, 1.82) is 0 Å². The van der Waals surface area contributed by atoms with Gasteiger partial charge in [-0.1, -0.05) is 29.8 Å². The number of nitrogens with zero attached hydrogens (tertiary/aromatic N) is 2. The van der Waals surface area contributed by atoms with Crippen LogP contribution >= 0.6 is 11.6 Å². The SMILES string of the molecule is Cc1ccc2c(c1)N(CCC(=O)NCCc1ccc(Cl)cc1)C(=O)c1cccnc1O2. The Morgan fingerprint density at radius 1 is 1.16 bits per heavy atom. The zero-order chi connectivity index (χ0) is 21.8. The molecule has 1 aliphatic heterocycles. The number of carbonyl (C=O) groups is 2. The van der Waals surface area contributed by atoms with Crippen LogP contribution in [0.1, 0.15) is 27.9 Å². The topological polar surface area (TPSA) is 71.5 Å². The second kappa shape index (κ2) is 9.18. The summed E-state index contributed by atoms with van der Waals surface area (Å²) in [6, 6.07) is 16.5. The molecule has 1 aromatic heterocycles. The van der Waals surface area contributed by atoms with Crippen LogP contribution < -0.4 is 15.0 Å². The van der Waals surface area contributed by atoms with Crippen LogP contribution in [0.2, 0.25) is 5.02 Å². The lowest BCUT2D eigenvalue weighted by Gasteiger charge is -2.22. The Bertz CT molecular complexity index is 1120. The van der Waals surface area contributed by atoms with Crippen molar-refractivity contribution in [2.45, 2.75) is 19.8 Å². The second-order valence-corrected chi connectivity index (χ2v) is 7.80. The van der Waals surface area contributed by atoms with Crippen LogP contribution in [0, 0.1) is 6.92 Å². The first kappa shape index (κ1) is 20.9. The fraction of sp³-hybridized carbons (Fsp3) is 0.208. The molecule has 1 aliphatic rings. The normalized spacial score (nSPS) is 12.5. The number of aromatic nitrogens is 1. The van der Waals surface area contributed by atoms with Crippen molar-refractivity contribution in [3.8, 4) is 11.6 Å². The third-order valence-electron chi connectivity index (χ3n) is 5.07. The van der Waals surface area contributed by atoms with E-state index in [4.69, 9.17) is 16.3 Å². The quantitative estimate of drug-likeness (QED) is 0.616. The second-order valence-electron chi connectivity index (χ2n) is 7.36. The molecular formula is C24H22ClN3O3. The van der Waals surface area contributed by atoms with E-state index in [-0.39, 0.29) is 30.7 Å². The Kier molecular flexibility index (Phi) is 6.18. The molecule has 0 saturated heterocycles. The van der Waals surface area contributed by atoms with E-state index in [2.05, 4.69) is 10.3 Å². The zero-order valence-corrected chi connectivity index (χ0v) is 17.9. The smallest absolute Gasteiger partial charge is 0.263 e. The molecule has 0 fully saturated rings. The molecule has 2 amide bonds. The molecule has 0 bridgehead atoms. The summed E-state index contributed by atoms with van der Waals surface area (Å²) in [5.41, 5.74) is 3.10. The molecule has 7 heteroatoms. The summed E-state index contributed by atoms with van der Waals surface area (Å²) in [6.45, 7) is 2.70. The van der Waals surface area contributed by atoms with Crippen molar-refractivity contribution >= 4 is 29.1 Å². The number of hydrogen-bond acceptors (Lipinski definition) is 4. The molecule has 4 rings (SSSR count). The number of benzene rings is 2. The number of amides is 2. The van der Waals surface area contributed by atoms with Crippen LogP contribution in [0.5, 0.6) is 11.6 Å². The summed E-state index contributed by atoms with van der Waals surface area (Å²) >= 11 is 5.90. The highest BCUT2D eigenvalue weighted by atomic mass is 35.5. The van der Waals surface area contributed by atoms with Gasteiger partial charge in [-0.2, -0.15) is 0 Å². The zero-order valence-electron chi connectivity index (χ0n) is 17.1. The molecule has 2 aromatic carbocycles. The standard InChI is InChI=1S/C24H22ClN3O3/c1-16-4-9-21-20(15-16)28(24(30)19-3-2-12-27-23(19)31-21)14-11-22(29)26-13-10-17-5-7-18(25)8-6-17/h2-9,12,15H,10-11,13-14H2,1H3,(H,26,29).